The lowest BCUT2D eigenvalue weighted by Crippen LogP contribution is -2.19. The molecular formula is C36H34N2O9S3. The van der Waals surface area contributed by atoms with Crippen LogP contribution in [-0.4, -0.2) is 62.3 Å². The van der Waals surface area contributed by atoms with Crippen LogP contribution in [0.15, 0.2) is 142 Å². The first-order valence-electron chi connectivity index (χ1n) is 15.4. The number of benzene rings is 4. The first kappa shape index (κ1) is 36.6. The van der Waals surface area contributed by atoms with Crippen LogP contribution < -0.4 is 4.90 Å². The second-order valence-corrected chi connectivity index (χ2v) is 15.5. The Hall–Kier alpha value is -4.70. The van der Waals surface area contributed by atoms with Gasteiger partial charge in [-0.2, -0.15) is 16.8 Å². The van der Waals surface area contributed by atoms with E-state index in [9.17, 15) is 38.9 Å². The molecule has 1 aliphatic rings. The van der Waals surface area contributed by atoms with Gasteiger partial charge in [-0.3, -0.25) is 9.11 Å². The molecule has 4 aromatic rings. The Labute approximate surface area is 292 Å². The highest BCUT2D eigenvalue weighted by atomic mass is 32.2. The lowest BCUT2D eigenvalue weighted by molar-refractivity contribution is -0.539. The minimum absolute atomic E-state index is 0.199. The molecule has 1 aliphatic carbocycles. The SMILES string of the molecule is CCN(c1ccc(C(=C2C=CC(=[N+](CC)Cc3cccc(S(=O)(=O)O)c3)C=C2)c2ccccc2S(=O)(=O)O)cc1)c1cccc(S(=O)(=O)[O-])c1. The second kappa shape index (κ2) is 14.6. The summed E-state index contributed by atoms with van der Waals surface area (Å²) in [6.07, 6.45) is 7.35. The largest absolute Gasteiger partial charge is 0.744 e. The van der Waals surface area contributed by atoms with Crippen molar-refractivity contribution in [3.8, 4) is 0 Å². The molecule has 4 aromatic carbocycles. The summed E-state index contributed by atoms with van der Waals surface area (Å²) in [5, 5.41) is 0. The van der Waals surface area contributed by atoms with Crippen LogP contribution in [0.1, 0.15) is 30.5 Å². The molecule has 50 heavy (non-hydrogen) atoms. The third-order valence-electron chi connectivity index (χ3n) is 8.11. The number of anilines is 2. The first-order valence-corrected chi connectivity index (χ1v) is 19.7. The maximum absolute atomic E-state index is 12.5. The molecule has 0 saturated heterocycles. The highest BCUT2D eigenvalue weighted by Crippen LogP contribution is 2.35. The summed E-state index contributed by atoms with van der Waals surface area (Å²) >= 11 is 0. The standard InChI is InChI=1S/C36H34N2O9S3/c1-3-37(25-26-9-7-11-32(23-26)48(39,40)41)29-19-15-27(16-20-29)36(34-13-5-6-14-35(34)50(45,46)47)28-17-21-30(22-18-28)38(4-2)31-10-8-12-33(24-31)49(42,43)44/h5-24H,3-4,25H2,1-2H3,(H2-,39,40,41,42,43,44,45,46,47). The van der Waals surface area contributed by atoms with Gasteiger partial charge in [0.25, 0.3) is 20.2 Å². The minimum Gasteiger partial charge on any atom is -0.744 e. The number of hydrogen-bond acceptors (Lipinski definition) is 8. The van der Waals surface area contributed by atoms with Crippen LogP contribution in [0, 0.1) is 0 Å². The molecule has 5 rings (SSSR count). The predicted octanol–water partition coefficient (Wildman–Crippen LogP) is 5.84. The van der Waals surface area contributed by atoms with Gasteiger partial charge in [0, 0.05) is 41.2 Å². The number of allylic oxidation sites excluding steroid dienone is 5. The lowest BCUT2D eigenvalue weighted by atomic mass is 9.90. The van der Waals surface area contributed by atoms with E-state index in [1.165, 1.54) is 42.5 Å². The van der Waals surface area contributed by atoms with Gasteiger partial charge in [-0.05, 0) is 91.2 Å². The highest BCUT2D eigenvalue weighted by Gasteiger charge is 2.22. The predicted molar refractivity (Wildman–Crippen MR) is 190 cm³/mol. The van der Waals surface area contributed by atoms with Crippen molar-refractivity contribution in [3.05, 3.63) is 144 Å². The summed E-state index contributed by atoms with van der Waals surface area (Å²) in [6, 6.07) is 25.1. The van der Waals surface area contributed by atoms with Gasteiger partial charge in [-0.1, -0.05) is 48.5 Å². The maximum atomic E-state index is 12.5. The molecule has 0 heterocycles. The summed E-state index contributed by atoms with van der Waals surface area (Å²) in [7, 11) is -13.6. The van der Waals surface area contributed by atoms with Crippen molar-refractivity contribution < 1.29 is 43.5 Å². The fourth-order valence-corrected chi connectivity index (χ4v) is 7.51. The van der Waals surface area contributed by atoms with Gasteiger partial charge in [0.15, 0.2) is 12.3 Å². The van der Waals surface area contributed by atoms with Crippen molar-refractivity contribution in [3.63, 3.8) is 0 Å². The van der Waals surface area contributed by atoms with Crippen LogP contribution in [0.3, 0.4) is 0 Å². The fraction of sp³-hybridized carbons (Fsp3) is 0.139. The van der Waals surface area contributed by atoms with Crippen molar-refractivity contribution >= 4 is 53.0 Å². The molecule has 0 spiro atoms. The third-order valence-corrected chi connectivity index (χ3v) is 10.7. The van der Waals surface area contributed by atoms with Gasteiger partial charge in [-0.15, -0.1) is 0 Å². The van der Waals surface area contributed by atoms with E-state index in [4.69, 9.17) is 0 Å². The topological polar surface area (TPSA) is 172 Å². The van der Waals surface area contributed by atoms with Gasteiger partial charge in [0.2, 0.25) is 0 Å². The van der Waals surface area contributed by atoms with E-state index in [1.54, 1.807) is 54.6 Å². The molecule has 0 bridgehead atoms. The van der Waals surface area contributed by atoms with Crippen molar-refractivity contribution in [1.29, 1.82) is 0 Å². The molecule has 14 heteroatoms. The van der Waals surface area contributed by atoms with E-state index in [0.29, 0.717) is 53.3 Å². The van der Waals surface area contributed by atoms with Crippen LogP contribution in [0.2, 0.25) is 0 Å². The Kier molecular flexibility index (Phi) is 10.7. The number of nitrogens with zero attached hydrogens (tertiary/aromatic N) is 2. The summed E-state index contributed by atoms with van der Waals surface area (Å²) < 4.78 is 105. The van der Waals surface area contributed by atoms with Gasteiger partial charge < -0.3 is 9.45 Å². The van der Waals surface area contributed by atoms with Crippen LogP contribution in [0.4, 0.5) is 11.4 Å². The number of hydrogen-bond donors (Lipinski definition) is 2. The van der Waals surface area contributed by atoms with Crippen molar-refractivity contribution in [2.75, 3.05) is 18.0 Å². The molecule has 0 unspecified atom stereocenters. The highest BCUT2D eigenvalue weighted by molar-refractivity contribution is 7.86. The summed E-state index contributed by atoms with van der Waals surface area (Å²) in [5.74, 6) is 0. The number of rotatable bonds is 11. The van der Waals surface area contributed by atoms with Crippen molar-refractivity contribution in [1.82, 2.24) is 0 Å². The zero-order chi connectivity index (χ0) is 36.3. The average Bonchev–Trinajstić information content (AvgIpc) is 3.08. The maximum Gasteiger partial charge on any atom is 0.295 e. The Morgan fingerprint density at radius 1 is 0.700 bits per heavy atom. The second-order valence-electron chi connectivity index (χ2n) is 11.3. The van der Waals surface area contributed by atoms with Crippen LogP contribution >= 0.6 is 0 Å². The summed E-state index contributed by atoms with van der Waals surface area (Å²) in [4.78, 5) is 1.00. The zero-order valence-electron chi connectivity index (χ0n) is 27.0. The molecule has 2 N–H and O–H groups in total. The van der Waals surface area contributed by atoms with E-state index in [-0.39, 0.29) is 20.2 Å². The van der Waals surface area contributed by atoms with E-state index in [1.807, 2.05) is 47.6 Å². The minimum atomic E-state index is -4.66. The van der Waals surface area contributed by atoms with Gasteiger partial charge >= 0.3 is 0 Å². The van der Waals surface area contributed by atoms with E-state index in [0.717, 1.165) is 5.71 Å². The monoisotopic (exact) mass is 734 g/mol. The van der Waals surface area contributed by atoms with E-state index in [2.05, 4.69) is 0 Å². The fourth-order valence-electron chi connectivity index (χ4n) is 5.75. The van der Waals surface area contributed by atoms with Gasteiger partial charge in [0.05, 0.1) is 9.79 Å². The first-order chi connectivity index (χ1) is 23.6. The average molecular weight is 735 g/mol. The van der Waals surface area contributed by atoms with Crippen molar-refractivity contribution in [2.45, 2.75) is 35.1 Å². The van der Waals surface area contributed by atoms with Crippen LogP contribution in [0.5, 0.6) is 0 Å². The molecule has 0 saturated carbocycles. The summed E-state index contributed by atoms with van der Waals surface area (Å²) in [6.45, 7) is 5.17. The third kappa shape index (κ3) is 8.35. The Balaban J connectivity index is 1.59. The molecule has 0 fully saturated rings. The molecule has 0 atom stereocenters. The molecule has 0 aliphatic heterocycles. The summed E-state index contributed by atoms with van der Waals surface area (Å²) in [5.41, 5.74) is 4.70. The van der Waals surface area contributed by atoms with Crippen LogP contribution in [-0.2, 0) is 36.9 Å². The molecule has 11 nitrogen and oxygen atoms in total. The van der Waals surface area contributed by atoms with E-state index < -0.39 is 30.4 Å². The van der Waals surface area contributed by atoms with Gasteiger partial charge in [-0.25, -0.2) is 13.0 Å². The van der Waals surface area contributed by atoms with Gasteiger partial charge in [0.1, 0.15) is 21.6 Å². The smallest absolute Gasteiger partial charge is 0.295 e. The van der Waals surface area contributed by atoms with E-state index >= 15 is 0 Å². The Morgan fingerprint density at radius 2 is 1.34 bits per heavy atom. The normalized spacial score (nSPS) is 13.4. The quantitative estimate of drug-likeness (QED) is 0.141. The Morgan fingerprint density at radius 3 is 1.94 bits per heavy atom. The molecular weight excluding hydrogens is 701 g/mol. The molecule has 0 radical (unpaired) electrons. The lowest BCUT2D eigenvalue weighted by Gasteiger charge is -2.25. The van der Waals surface area contributed by atoms with Crippen LogP contribution in [0.25, 0.3) is 5.57 Å². The molecule has 0 aromatic heterocycles. The Bertz CT molecular complexity index is 2380. The molecule has 260 valence electrons. The molecule has 0 amide bonds. The van der Waals surface area contributed by atoms with Crippen molar-refractivity contribution in [2.24, 2.45) is 0 Å². The zero-order valence-corrected chi connectivity index (χ0v) is 29.5.